The number of rotatable bonds is 10. The highest BCUT2D eigenvalue weighted by atomic mass is 35.5. The molecule has 2 saturated carbocycles. The number of benzene rings is 1. The average molecular weight is 496 g/mol. The number of methoxy groups -OCH3 is 1. The Morgan fingerprint density at radius 3 is 2.24 bits per heavy atom. The fourth-order valence-corrected chi connectivity index (χ4v) is 4.36. The van der Waals surface area contributed by atoms with Gasteiger partial charge in [-0.1, -0.05) is 11.6 Å². The summed E-state index contributed by atoms with van der Waals surface area (Å²) in [5.41, 5.74) is -0.658. The van der Waals surface area contributed by atoms with Crippen molar-refractivity contribution in [3.63, 3.8) is 0 Å². The number of nitrogens with zero attached hydrogens (tertiary/aromatic N) is 1. The molecule has 2 N–H and O–H groups in total. The van der Waals surface area contributed by atoms with Gasteiger partial charge in [-0.25, -0.2) is 4.79 Å². The molecule has 1 aromatic rings. The van der Waals surface area contributed by atoms with Crippen LogP contribution < -0.4 is 15.4 Å². The van der Waals surface area contributed by atoms with E-state index >= 15 is 0 Å². The van der Waals surface area contributed by atoms with Crippen LogP contribution >= 0.6 is 11.6 Å². The van der Waals surface area contributed by atoms with Crippen LogP contribution in [0.1, 0.15) is 33.6 Å². The largest absolute Gasteiger partial charge is 0.484 e. The third kappa shape index (κ3) is 7.77. The highest BCUT2D eigenvalue weighted by Gasteiger charge is 2.55. The Labute approximate surface area is 205 Å². The predicted molar refractivity (Wildman–Crippen MR) is 127 cm³/mol. The van der Waals surface area contributed by atoms with Crippen LogP contribution in [-0.2, 0) is 19.1 Å². The van der Waals surface area contributed by atoms with Gasteiger partial charge >= 0.3 is 6.09 Å². The van der Waals surface area contributed by atoms with Gasteiger partial charge in [-0.15, -0.1) is 0 Å². The first-order valence-electron chi connectivity index (χ1n) is 11.5. The van der Waals surface area contributed by atoms with Gasteiger partial charge in [0.15, 0.2) is 6.61 Å². The van der Waals surface area contributed by atoms with Crippen molar-refractivity contribution in [3.05, 3.63) is 29.3 Å². The Morgan fingerprint density at radius 2 is 1.65 bits per heavy atom. The summed E-state index contributed by atoms with van der Waals surface area (Å²) >= 11 is 5.85. The molecule has 0 saturated heterocycles. The fraction of sp³-hybridized carbons (Fsp3) is 0.625. The van der Waals surface area contributed by atoms with E-state index in [9.17, 15) is 14.4 Å². The number of amides is 3. The molecule has 3 amide bonds. The lowest BCUT2D eigenvalue weighted by Gasteiger charge is -2.27. The number of halogens is 1. The Kier molecular flexibility index (Phi) is 8.65. The molecule has 2 aliphatic rings. The predicted octanol–water partition coefficient (Wildman–Crippen LogP) is 2.61. The molecule has 2 aliphatic carbocycles. The van der Waals surface area contributed by atoms with E-state index in [0.717, 1.165) is 6.42 Å². The summed E-state index contributed by atoms with van der Waals surface area (Å²) in [5, 5.41) is 6.66. The maximum Gasteiger partial charge on any atom is 0.410 e. The summed E-state index contributed by atoms with van der Waals surface area (Å²) in [6.45, 7) is 5.68. The lowest BCUT2D eigenvalue weighted by atomic mass is 10.1. The summed E-state index contributed by atoms with van der Waals surface area (Å²) in [5.74, 6) is 0.799. The van der Waals surface area contributed by atoms with Crippen LogP contribution in [0.25, 0.3) is 0 Å². The fourth-order valence-electron chi connectivity index (χ4n) is 4.23. The molecule has 9 nitrogen and oxygen atoms in total. The summed E-state index contributed by atoms with van der Waals surface area (Å²) in [6, 6.07) is 6.77. The lowest BCUT2D eigenvalue weighted by Crippen LogP contribution is -2.47. The minimum Gasteiger partial charge on any atom is -0.484 e. The van der Waals surface area contributed by atoms with Gasteiger partial charge < -0.3 is 24.8 Å². The summed E-state index contributed by atoms with van der Waals surface area (Å²) in [4.78, 5) is 38.9. The molecule has 3 rings (SSSR count). The minimum atomic E-state index is -0.658. The number of carbonyl (C=O) groups is 3. The molecule has 34 heavy (non-hydrogen) atoms. The first kappa shape index (κ1) is 26.1. The van der Waals surface area contributed by atoms with E-state index in [1.165, 1.54) is 12.0 Å². The highest BCUT2D eigenvalue weighted by Crippen LogP contribution is 2.51. The second kappa shape index (κ2) is 11.3. The van der Waals surface area contributed by atoms with Crippen LogP contribution in [0.15, 0.2) is 24.3 Å². The smallest absolute Gasteiger partial charge is 0.410 e. The molecule has 4 atom stereocenters. The monoisotopic (exact) mass is 495 g/mol. The molecule has 0 spiro atoms. The van der Waals surface area contributed by atoms with E-state index < -0.39 is 11.7 Å². The number of nitrogens with one attached hydrogen (secondary N) is 2. The van der Waals surface area contributed by atoms with Crippen molar-refractivity contribution in [1.29, 1.82) is 0 Å². The van der Waals surface area contributed by atoms with Crippen LogP contribution in [0, 0.1) is 11.8 Å². The topological polar surface area (TPSA) is 106 Å². The molecule has 2 fully saturated rings. The minimum absolute atomic E-state index is 0.00734. The van der Waals surface area contributed by atoms with Crippen molar-refractivity contribution in [2.75, 3.05) is 33.4 Å². The van der Waals surface area contributed by atoms with Crippen molar-refractivity contribution in [2.45, 2.75) is 51.3 Å². The van der Waals surface area contributed by atoms with E-state index in [4.69, 9.17) is 25.8 Å². The van der Waals surface area contributed by atoms with Crippen LogP contribution in [0.5, 0.6) is 5.75 Å². The van der Waals surface area contributed by atoms with Gasteiger partial charge in [-0.3, -0.25) is 14.5 Å². The molecule has 1 aromatic carbocycles. The van der Waals surface area contributed by atoms with Crippen molar-refractivity contribution in [1.82, 2.24) is 15.5 Å². The molecule has 0 radical (unpaired) electrons. The summed E-state index contributed by atoms with van der Waals surface area (Å²) in [7, 11) is 1.54. The van der Waals surface area contributed by atoms with Crippen LogP contribution in [0.3, 0.4) is 0 Å². The van der Waals surface area contributed by atoms with Gasteiger partial charge in [0.1, 0.15) is 17.9 Å². The maximum absolute atomic E-state index is 12.7. The Morgan fingerprint density at radius 1 is 1.03 bits per heavy atom. The van der Waals surface area contributed by atoms with Gasteiger partial charge in [0, 0.05) is 30.8 Å². The van der Waals surface area contributed by atoms with Gasteiger partial charge in [0.05, 0.1) is 6.61 Å². The zero-order chi connectivity index (χ0) is 24.9. The van der Waals surface area contributed by atoms with Gasteiger partial charge in [-0.2, -0.15) is 0 Å². The standard InChI is InChI=1S/C24H34ClN3O6/c1-24(2,3)34-23(31)28(9-10-32-4)13-21(29)26-19-12-20(18-11-17(18)19)27-22(30)14-33-16-7-5-15(25)6-8-16/h5-8,17-20H,9-14H2,1-4H3,(H,26,29)(H,27,30)/t17?,18?,19-,20?/m0/s1. The van der Waals surface area contributed by atoms with Gasteiger partial charge in [0.2, 0.25) is 5.91 Å². The lowest BCUT2D eigenvalue weighted by molar-refractivity contribution is -0.124. The van der Waals surface area contributed by atoms with Crippen molar-refractivity contribution >= 4 is 29.5 Å². The first-order valence-corrected chi connectivity index (χ1v) is 11.9. The van der Waals surface area contributed by atoms with E-state index in [-0.39, 0.29) is 43.6 Å². The Balaban J connectivity index is 1.45. The molecular formula is C24H34ClN3O6. The normalized spacial score (nSPS) is 23.0. The van der Waals surface area contributed by atoms with Crippen LogP contribution in [0.2, 0.25) is 5.02 Å². The Bertz CT molecular complexity index is 872. The van der Waals surface area contributed by atoms with Crippen LogP contribution in [0.4, 0.5) is 4.79 Å². The van der Waals surface area contributed by atoms with E-state index in [1.54, 1.807) is 45.0 Å². The van der Waals surface area contributed by atoms with E-state index in [1.807, 2.05) is 0 Å². The summed E-state index contributed by atoms with van der Waals surface area (Å²) in [6.07, 6.45) is 1.05. The molecule has 10 heteroatoms. The van der Waals surface area contributed by atoms with E-state index in [2.05, 4.69) is 10.6 Å². The van der Waals surface area contributed by atoms with Gasteiger partial charge in [0.25, 0.3) is 5.91 Å². The molecule has 0 aromatic heterocycles. The molecule has 0 aliphatic heterocycles. The number of ether oxygens (including phenoxy) is 3. The molecule has 3 unspecified atom stereocenters. The SMILES string of the molecule is COCCN(CC(=O)N[C@H]1CC(NC(=O)COc2ccc(Cl)cc2)C2CC21)C(=O)OC(C)(C)C. The maximum atomic E-state index is 12.7. The summed E-state index contributed by atoms with van der Waals surface area (Å²) < 4.78 is 16.0. The van der Waals surface area contributed by atoms with Gasteiger partial charge in [-0.05, 0) is 69.7 Å². The second-order valence-electron chi connectivity index (χ2n) is 9.78. The van der Waals surface area contributed by atoms with E-state index in [0.29, 0.717) is 35.6 Å². The molecule has 0 heterocycles. The zero-order valence-electron chi connectivity index (χ0n) is 20.1. The number of carbonyl (C=O) groups excluding carboxylic acids is 3. The third-order valence-electron chi connectivity index (χ3n) is 5.86. The quantitative estimate of drug-likeness (QED) is 0.517. The average Bonchev–Trinajstić information content (AvgIpc) is 3.48. The molecule has 0 bridgehead atoms. The van der Waals surface area contributed by atoms with Crippen molar-refractivity contribution in [2.24, 2.45) is 11.8 Å². The van der Waals surface area contributed by atoms with Crippen LogP contribution in [-0.4, -0.2) is 73.9 Å². The first-order chi connectivity index (χ1) is 16.1. The number of hydrogen-bond donors (Lipinski definition) is 2. The van der Waals surface area contributed by atoms with Crippen molar-refractivity contribution < 1.29 is 28.6 Å². The zero-order valence-corrected chi connectivity index (χ0v) is 20.9. The number of fused-ring (bicyclic) bond motifs is 1. The highest BCUT2D eigenvalue weighted by molar-refractivity contribution is 6.30. The van der Waals surface area contributed by atoms with Crippen molar-refractivity contribution in [3.8, 4) is 5.75 Å². The second-order valence-corrected chi connectivity index (χ2v) is 10.2. The third-order valence-corrected chi connectivity index (χ3v) is 6.11. The number of hydrogen-bond acceptors (Lipinski definition) is 6. The Hall–Kier alpha value is -2.52. The molecule has 188 valence electrons. The molecular weight excluding hydrogens is 462 g/mol.